The van der Waals surface area contributed by atoms with E-state index in [-0.39, 0.29) is 17.7 Å². The number of amides is 2. The number of likely N-dealkylation sites (tertiary alicyclic amines) is 1. The predicted octanol–water partition coefficient (Wildman–Crippen LogP) is 3.75. The highest BCUT2D eigenvalue weighted by Gasteiger charge is 2.40. The van der Waals surface area contributed by atoms with Crippen molar-refractivity contribution in [3.8, 4) is 0 Å². The van der Waals surface area contributed by atoms with Gasteiger partial charge in [-0.2, -0.15) is 13.2 Å². The molecule has 1 heterocycles. The summed E-state index contributed by atoms with van der Waals surface area (Å²) in [5.74, 6) is -0.880. The van der Waals surface area contributed by atoms with Crippen molar-refractivity contribution >= 4 is 12.0 Å². The first-order chi connectivity index (χ1) is 15.1. The average molecular weight is 450 g/mol. The lowest BCUT2D eigenvalue weighted by molar-refractivity contribution is -0.146. The van der Waals surface area contributed by atoms with Gasteiger partial charge < -0.3 is 20.1 Å². The minimum atomic E-state index is -4.51. The molecular formula is C23H25F3N2O4. The Balaban J connectivity index is 1.76. The molecule has 32 heavy (non-hydrogen) atoms. The summed E-state index contributed by atoms with van der Waals surface area (Å²) in [5.41, 5.74) is -2.01. The van der Waals surface area contributed by atoms with E-state index in [1.807, 2.05) is 0 Å². The molecule has 1 aliphatic rings. The smallest absolute Gasteiger partial charge is 0.416 e. The molecule has 0 bridgehead atoms. The highest BCUT2D eigenvalue weighted by Crippen LogP contribution is 2.30. The molecule has 1 fully saturated rings. The van der Waals surface area contributed by atoms with Crippen LogP contribution in [0.2, 0.25) is 0 Å². The summed E-state index contributed by atoms with van der Waals surface area (Å²) in [6.45, 7) is 1.86. The summed E-state index contributed by atoms with van der Waals surface area (Å²) >= 11 is 0. The predicted molar refractivity (Wildman–Crippen MR) is 111 cm³/mol. The molecule has 1 atom stereocenters. The van der Waals surface area contributed by atoms with Crippen molar-refractivity contribution in [3.63, 3.8) is 0 Å². The topological polar surface area (TPSA) is 78.9 Å². The monoisotopic (exact) mass is 450 g/mol. The van der Waals surface area contributed by atoms with Crippen LogP contribution in [0.4, 0.5) is 18.0 Å². The first kappa shape index (κ1) is 23.6. The molecule has 0 radical (unpaired) electrons. The molecule has 0 spiro atoms. The fourth-order valence-electron chi connectivity index (χ4n) is 3.51. The highest BCUT2D eigenvalue weighted by atomic mass is 19.4. The standard InChI is InChI=1S/C23H25F3N2O4/c1-16-9-10-19(23(24,25)26)13-17(16)14-27-20(29)22(31,18-7-3-2-4-8-18)15-32-21(30)28-11-5-6-12-28/h2-4,7-10,13,31H,5-6,11-12,14-15H2,1H3,(H,27,29). The van der Waals surface area contributed by atoms with E-state index in [0.717, 1.165) is 25.0 Å². The van der Waals surface area contributed by atoms with E-state index >= 15 is 0 Å². The van der Waals surface area contributed by atoms with E-state index in [4.69, 9.17) is 4.74 Å². The van der Waals surface area contributed by atoms with Gasteiger partial charge in [-0.15, -0.1) is 0 Å². The van der Waals surface area contributed by atoms with E-state index in [1.54, 1.807) is 25.1 Å². The van der Waals surface area contributed by atoms with Crippen molar-refractivity contribution in [1.82, 2.24) is 10.2 Å². The molecule has 2 aromatic rings. The third-order valence-corrected chi connectivity index (χ3v) is 5.51. The third-order valence-electron chi connectivity index (χ3n) is 5.51. The Labute approximate surface area is 184 Å². The second-order valence-electron chi connectivity index (χ2n) is 7.80. The van der Waals surface area contributed by atoms with E-state index in [1.165, 1.54) is 23.1 Å². The Morgan fingerprint density at radius 3 is 2.34 bits per heavy atom. The maximum atomic E-state index is 13.0. The normalized spacial score (nSPS) is 15.8. The number of alkyl halides is 3. The number of aryl methyl sites for hydroxylation is 1. The zero-order valence-electron chi connectivity index (χ0n) is 17.6. The molecule has 2 N–H and O–H groups in total. The van der Waals surface area contributed by atoms with Gasteiger partial charge in [0.15, 0.2) is 0 Å². The van der Waals surface area contributed by atoms with Crippen LogP contribution < -0.4 is 5.32 Å². The minimum absolute atomic E-state index is 0.201. The Morgan fingerprint density at radius 2 is 1.72 bits per heavy atom. The number of nitrogens with one attached hydrogen (secondary N) is 1. The lowest BCUT2D eigenvalue weighted by atomic mass is 9.93. The Morgan fingerprint density at radius 1 is 1.06 bits per heavy atom. The van der Waals surface area contributed by atoms with Gasteiger partial charge in [0, 0.05) is 19.6 Å². The van der Waals surface area contributed by atoms with Crippen LogP contribution in [0.3, 0.4) is 0 Å². The van der Waals surface area contributed by atoms with Crippen molar-refractivity contribution in [1.29, 1.82) is 0 Å². The van der Waals surface area contributed by atoms with Gasteiger partial charge in [-0.05, 0) is 48.6 Å². The van der Waals surface area contributed by atoms with Crippen LogP contribution in [0.15, 0.2) is 48.5 Å². The molecule has 0 aromatic heterocycles. The summed E-state index contributed by atoms with van der Waals surface area (Å²) in [4.78, 5) is 26.7. The van der Waals surface area contributed by atoms with Crippen molar-refractivity contribution in [3.05, 3.63) is 70.8 Å². The fraction of sp³-hybridized carbons (Fsp3) is 0.391. The van der Waals surface area contributed by atoms with Crippen molar-refractivity contribution in [2.45, 2.75) is 38.1 Å². The first-order valence-corrected chi connectivity index (χ1v) is 10.3. The molecule has 1 unspecified atom stereocenters. The molecule has 6 nitrogen and oxygen atoms in total. The van der Waals surface area contributed by atoms with Gasteiger partial charge >= 0.3 is 12.3 Å². The summed E-state index contributed by atoms with van der Waals surface area (Å²) in [6, 6.07) is 11.2. The number of nitrogens with zero attached hydrogens (tertiary/aromatic N) is 1. The van der Waals surface area contributed by atoms with Crippen LogP contribution >= 0.6 is 0 Å². The molecule has 0 aliphatic carbocycles. The molecule has 3 rings (SSSR count). The number of halogens is 3. The van der Waals surface area contributed by atoms with Gasteiger partial charge in [-0.1, -0.05) is 36.4 Å². The number of carbonyl (C=O) groups excluding carboxylic acids is 2. The number of carbonyl (C=O) groups is 2. The maximum Gasteiger partial charge on any atom is 0.416 e. The van der Waals surface area contributed by atoms with Gasteiger partial charge in [-0.3, -0.25) is 4.79 Å². The third kappa shape index (κ3) is 5.40. The molecule has 0 saturated carbocycles. The summed E-state index contributed by atoms with van der Waals surface area (Å²) in [5, 5.41) is 13.7. The molecule has 9 heteroatoms. The molecular weight excluding hydrogens is 425 g/mol. The number of hydrogen-bond donors (Lipinski definition) is 2. The summed E-state index contributed by atoms with van der Waals surface area (Å²) in [7, 11) is 0. The Hall–Kier alpha value is -3.07. The van der Waals surface area contributed by atoms with Crippen molar-refractivity contribution in [2.24, 2.45) is 0 Å². The molecule has 1 aliphatic heterocycles. The maximum absolute atomic E-state index is 13.0. The van der Waals surface area contributed by atoms with Gasteiger partial charge in [0.05, 0.1) is 5.56 Å². The summed E-state index contributed by atoms with van der Waals surface area (Å²) < 4.78 is 44.3. The fourth-order valence-corrected chi connectivity index (χ4v) is 3.51. The number of benzene rings is 2. The Kier molecular flexibility index (Phi) is 7.08. The van der Waals surface area contributed by atoms with Crippen LogP contribution in [-0.4, -0.2) is 41.7 Å². The molecule has 1 saturated heterocycles. The van der Waals surface area contributed by atoms with Crippen LogP contribution in [0, 0.1) is 6.92 Å². The zero-order valence-corrected chi connectivity index (χ0v) is 17.6. The molecule has 2 amide bonds. The Bertz CT molecular complexity index is 959. The number of hydrogen-bond acceptors (Lipinski definition) is 4. The van der Waals surface area contributed by atoms with E-state index in [2.05, 4.69) is 5.32 Å². The average Bonchev–Trinajstić information content (AvgIpc) is 3.31. The highest BCUT2D eigenvalue weighted by molar-refractivity contribution is 5.86. The largest absolute Gasteiger partial charge is 0.445 e. The minimum Gasteiger partial charge on any atom is -0.445 e. The summed E-state index contributed by atoms with van der Waals surface area (Å²) in [6.07, 6.45) is -3.43. The van der Waals surface area contributed by atoms with E-state index in [0.29, 0.717) is 18.7 Å². The SMILES string of the molecule is Cc1ccc(C(F)(F)F)cc1CNC(=O)C(O)(COC(=O)N1CCCC1)c1ccccc1. The molecule has 2 aromatic carbocycles. The van der Waals surface area contributed by atoms with Crippen molar-refractivity contribution in [2.75, 3.05) is 19.7 Å². The van der Waals surface area contributed by atoms with Gasteiger partial charge in [0.1, 0.15) is 6.61 Å². The van der Waals surface area contributed by atoms with Crippen molar-refractivity contribution < 1.29 is 32.6 Å². The van der Waals surface area contributed by atoms with Crippen LogP contribution in [0.1, 0.15) is 35.1 Å². The van der Waals surface area contributed by atoms with Crippen LogP contribution in [0.25, 0.3) is 0 Å². The zero-order chi connectivity index (χ0) is 23.4. The first-order valence-electron chi connectivity index (χ1n) is 10.3. The van der Waals surface area contributed by atoms with E-state index < -0.39 is 35.9 Å². The number of ether oxygens (including phenoxy) is 1. The number of aliphatic hydroxyl groups is 1. The second-order valence-corrected chi connectivity index (χ2v) is 7.80. The van der Waals surface area contributed by atoms with E-state index in [9.17, 15) is 27.9 Å². The van der Waals surface area contributed by atoms with Gasteiger partial charge in [-0.25, -0.2) is 4.79 Å². The van der Waals surface area contributed by atoms with Gasteiger partial charge in [0.25, 0.3) is 5.91 Å². The molecule has 172 valence electrons. The van der Waals surface area contributed by atoms with Crippen LogP contribution in [0.5, 0.6) is 0 Å². The lowest BCUT2D eigenvalue weighted by Crippen LogP contribution is -2.48. The quantitative estimate of drug-likeness (QED) is 0.703. The van der Waals surface area contributed by atoms with Crippen LogP contribution in [-0.2, 0) is 27.9 Å². The lowest BCUT2D eigenvalue weighted by Gasteiger charge is -2.28. The second kappa shape index (κ2) is 9.60. The number of rotatable bonds is 6. The van der Waals surface area contributed by atoms with Gasteiger partial charge in [0.2, 0.25) is 5.60 Å².